The molecule has 0 radical (unpaired) electrons. The summed E-state index contributed by atoms with van der Waals surface area (Å²) in [5.74, 6) is 1.24. The monoisotopic (exact) mass is 292 g/mol. The zero-order valence-electron chi connectivity index (χ0n) is 11.9. The predicted molar refractivity (Wildman–Crippen MR) is 83.4 cm³/mol. The predicted octanol–water partition coefficient (Wildman–Crippen LogP) is 3.42. The average Bonchev–Trinajstić information content (AvgIpc) is 2.94. The van der Waals surface area contributed by atoms with Gasteiger partial charge in [0, 0.05) is 30.6 Å². The standard InChI is InChI=1S/C15H20N2O2S/c1-10(2)16-14(20)17-11-5-6-12-13(9-11)19-15(18-12)7-3-4-8-15/h5-6,9-10H,3-4,7-8H2,1-2H3,(H2,16,17,20). The zero-order valence-corrected chi connectivity index (χ0v) is 12.7. The fourth-order valence-electron chi connectivity index (χ4n) is 2.72. The fourth-order valence-corrected chi connectivity index (χ4v) is 3.07. The Morgan fingerprint density at radius 2 is 1.90 bits per heavy atom. The molecule has 4 nitrogen and oxygen atoms in total. The first-order valence-corrected chi connectivity index (χ1v) is 7.57. The number of nitrogens with one attached hydrogen (secondary N) is 2. The Balaban J connectivity index is 1.70. The molecular formula is C15H20N2O2S. The van der Waals surface area contributed by atoms with E-state index < -0.39 is 5.79 Å². The molecule has 1 fully saturated rings. The molecule has 0 atom stereocenters. The minimum atomic E-state index is -0.405. The summed E-state index contributed by atoms with van der Waals surface area (Å²) in [5, 5.41) is 6.94. The van der Waals surface area contributed by atoms with Gasteiger partial charge < -0.3 is 20.1 Å². The molecule has 2 N–H and O–H groups in total. The molecule has 0 amide bonds. The van der Waals surface area contributed by atoms with Crippen molar-refractivity contribution in [3.63, 3.8) is 0 Å². The van der Waals surface area contributed by atoms with Crippen LogP contribution in [0, 0.1) is 0 Å². The molecule has 5 heteroatoms. The first kappa shape index (κ1) is 13.5. The van der Waals surface area contributed by atoms with Gasteiger partial charge in [-0.25, -0.2) is 0 Å². The lowest BCUT2D eigenvalue weighted by Gasteiger charge is -2.21. The third kappa shape index (κ3) is 2.68. The van der Waals surface area contributed by atoms with Gasteiger partial charge in [0.05, 0.1) is 0 Å². The Bertz CT molecular complexity index is 525. The Labute approximate surface area is 124 Å². The van der Waals surface area contributed by atoms with Crippen LogP contribution in [-0.4, -0.2) is 16.9 Å². The van der Waals surface area contributed by atoms with Crippen molar-refractivity contribution in [3.8, 4) is 11.5 Å². The van der Waals surface area contributed by atoms with Gasteiger partial charge in [0.1, 0.15) is 0 Å². The smallest absolute Gasteiger partial charge is 0.251 e. The molecule has 0 bridgehead atoms. The second-order valence-corrected chi connectivity index (χ2v) is 6.14. The van der Waals surface area contributed by atoms with Crippen LogP contribution in [0.2, 0.25) is 0 Å². The number of benzene rings is 1. The van der Waals surface area contributed by atoms with Crippen LogP contribution in [0.25, 0.3) is 0 Å². The molecule has 20 heavy (non-hydrogen) atoms. The highest BCUT2D eigenvalue weighted by molar-refractivity contribution is 7.80. The van der Waals surface area contributed by atoms with E-state index >= 15 is 0 Å². The van der Waals surface area contributed by atoms with Crippen LogP contribution >= 0.6 is 12.2 Å². The van der Waals surface area contributed by atoms with Crippen LogP contribution in [-0.2, 0) is 0 Å². The summed E-state index contributed by atoms with van der Waals surface area (Å²) in [7, 11) is 0. The van der Waals surface area contributed by atoms with Gasteiger partial charge in [-0.3, -0.25) is 0 Å². The number of hydrogen-bond acceptors (Lipinski definition) is 3. The van der Waals surface area contributed by atoms with Crippen molar-refractivity contribution in [2.75, 3.05) is 5.32 Å². The quantitative estimate of drug-likeness (QED) is 0.818. The summed E-state index contributed by atoms with van der Waals surface area (Å²) >= 11 is 5.25. The second kappa shape index (κ2) is 5.13. The average molecular weight is 292 g/mol. The number of rotatable bonds is 2. The van der Waals surface area contributed by atoms with Gasteiger partial charge in [0.2, 0.25) is 0 Å². The maximum atomic E-state index is 6.03. The van der Waals surface area contributed by atoms with Crippen molar-refractivity contribution in [1.82, 2.24) is 5.32 Å². The highest BCUT2D eigenvalue weighted by atomic mass is 32.1. The number of ether oxygens (including phenoxy) is 2. The van der Waals surface area contributed by atoms with Gasteiger partial charge in [-0.1, -0.05) is 0 Å². The molecule has 1 aliphatic carbocycles. The molecule has 1 aromatic rings. The topological polar surface area (TPSA) is 42.5 Å². The van der Waals surface area contributed by atoms with E-state index in [0.717, 1.165) is 30.0 Å². The van der Waals surface area contributed by atoms with Crippen molar-refractivity contribution in [2.24, 2.45) is 0 Å². The van der Waals surface area contributed by atoms with E-state index in [2.05, 4.69) is 24.5 Å². The SMILES string of the molecule is CC(C)NC(=S)Nc1ccc2c(c1)OC1(CCCC1)O2. The Morgan fingerprint density at radius 1 is 1.20 bits per heavy atom. The lowest BCUT2D eigenvalue weighted by molar-refractivity contribution is -0.0716. The Kier molecular flexibility index (Phi) is 3.46. The summed E-state index contributed by atoms with van der Waals surface area (Å²) in [5.41, 5.74) is 0.917. The first-order chi connectivity index (χ1) is 9.56. The third-order valence-electron chi connectivity index (χ3n) is 3.58. The minimum Gasteiger partial charge on any atom is -0.448 e. The maximum Gasteiger partial charge on any atom is 0.251 e. The summed E-state index contributed by atoms with van der Waals surface area (Å²) < 4.78 is 12.0. The maximum absolute atomic E-state index is 6.03. The van der Waals surface area contributed by atoms with Crippen LogP contribution in [0.1, 0.15) is 39.5 Å². The number of thiocarbonyl (C=S) groups is 1. The highest BCUT2D eigenvalue weighted by Gasteiger charge is 2.44. The van der Waals surface area contributed by atoms with Crippen LogP contribution in [0.5, 0.6) is 11.5 Å². The molecule has 1 heterocycles. The van der Waals surface area contributed by atoms with Gasteiger partial charge in [-0.05, 0) is 51.0 Å². The Hall–Kier alpha value is -1.49. The third-order valence-corrected chi connectivity index (χ3v) is 3.80. The number of hydrogen-bond donors (Lipinski definition) is 2. The summed E-state index contributed by atoms with van der Waals surface area (Å²) in [4.78, 5) is 0. The van der Waals surface area contributed by atoms with Gasteiger partial charge in [0.25, 0.3) is 5.79 Å². The molecule has 1 saturated carbocycles. The Morgan fingerprint density at radius 3 is 2.60 bits per heavy atom. The summed E-state index contributed by atoms with van der Waals surface area (Å²) in [6.45, 7) is 4.11. The summed E-state index contributed by atoms with van der Waals surface area (Å²) in [6, 6.07) is 6.18. The molecule has 1 aliphatic heterocycles. The lowest BCUT2D eigenvalue weighted by Crippen LogP contribution is -2.34. The van der Waals surface area contributed by atoms with Crippen molar-refractivity contribution in [1.29, 1.82) is 0 Å². The van der Waals surface area contributed by atoms with E-state index in [9.17, 15) is 0 Å². The number of fused-ring (bicyclic) bond motifs is 1. The van der Waals surface area contributed by atoms with E-state index in [-0.39, 0.29) is 0 Å². The second-order valence-electron chi connectivity index (χ2n) is 5.74. The van der Waals surface area contributed by atoms with Crippen LogP contribution in [0.3, 0.4) is 0 Å². The fraction of sp³-hybridized carbons (Fsp3) is 0.533. The van der Waals surface area contributed by atoms with Crippen LogP contribution in [0.15, 0.2) is 18.2 Å². The zero-order chi connectivity index (χ0) is 14.2. The highest BCUT2D eigenvalue weighted by Crippen LogP contribution is 2.47. The van der Waals surface area contributed by atoms with E-state index in [1.54, 1.807) is 0 Å². The molecule has 108 valence electrons. The molecule has 0 saturated heterocycles. The van der Waals surface area contributed by atoms with Crippen molar-refractivity contribution >= 4 is 23.0 Å². The van der Waals surface area contributed by atoms with Gasteiger partial charge in [-0.15, -0.1) is 0 Å². The molecule has 0 aromatic heterocycles. The molecule has 3 rings (SSSR count). The molecule has 1 spiro atoms. The molecule has 0 unspecified atom stereocenters. The van der Waals surface area contributed by atoms with E-state index in [4.69, 9.17) is 21.7 Å². The van der Waals surface area contributed by atoms with Crippen LogP contribution in [0.4, 0.5) is 5.69 Å². The largest absolute Gasteiger partial charge is 0.448 e. The van der Waals surface area contributed by atoms with E-state index in [1.165, 1.54) is 12.8 Å². The van der Waals surface area contributed by atoms with E-state index in [1.807, 2.05) is 18.2 Å². The minimum absolute atomic E-state index is 0.311. The normalized spacial score (nSPS) is 18.6. The molecule has 1 aromatic carbocycles. The van der Waals surface area contributed by atoms with Gasteiger partial charge in [0.15, 0.2) is 16.6 Å². The van der Waals surface area contributed by atoms with Gasteiger partial charge >= 0.3 is 0 Å². The molecule has 2 aliphatic rings. The molecular weight excluding hydrogens is 272 g/mol. The van der Waals surface area contributed by atoms with Crippen molar-refractivity contribution in [2.45, 2.75) is 51.4 Å². The first-order valence-electron chi connectivity index (χ1n) is 7.16. The van der Waals surface area contributed by atoms with Crippen molar-refractivity contribution in [3.05, 3.63) is 18.2 Å². The van der Waals surface area contributed by atoms with Crippen molar-refractivity contribution < 1.29 is 9.47 Å². The number of anilines is 1. The van der Waals surface area contributed by atoms with Gasteiger partial charge in [-0.2, -0.15) is 0 Å². The lowest BCUT2D eigenvalue weighted by atomic mass is 10.2. The van der Waals surface area contributed by atoms with Crippen LogP contribution < -0.4 is 20.1 Å². The van der Waals surface area contributed by atoms with E-state index in [0.29, 0.717) is 11.2 Å². The summed E-state index contributed by atoms with van der Waals surface area (Å²) in [6.07, 6.45) is 4.28.